The highest BCUT2D eigenvalue weighted by Gasteiger charge is 2.22. The standard InChI is InChI=1S/C22H19F2N3OS/c1-3-12(2)27-20-18(21(28)26-22(27)29)16(19(23)24)11-17(25-20)15-10-6-8-13-7-4-5-9-14(13)15/h4-12,19H,3H2,1-2H3,(H,26,28,29)/t12-/m1/s1. The summed E-state index contributed by atoms with van der Waals surface area (Å²) in [6.45, 7) is 3.88. The zero-order valence-corrected chi connectivity index (χ0v) is 16.8. The number of H-pyrrole nitrogens is 1. The third kappa shape index (κ3) is 3.25. The average Bonchev–Trinajstić information content (AvgIpc) is 2.72. The molecule has 1 atom stereocenters. The van der Waals surface area contributed by atoms with Gasteiger partial charge < -0.3 is 0 Å². The SMILES string of the molecule is CC[C@@H](C)n1c(=S)[nH]c(=O)c2c(C(F)F)cc(-c3cccc4ccccc34)nc21. The van der Waals surface area contributed by atoms with Gasteiger partial charge in [0.1, 0.15) is 5.65 Å². The van der Waals surface area contributed by atoms with Crippen LogP contribution in [0, 0.1) is 4.77 Å². The fourth-order valence-electron chi connectivity index (χ4n) is 3.62. The first-order chi connectivity index (χ1) is 13.9. The summed E-state index contributed by atoms with van der Waals surface area (Å²) in [6, 6.07) is 14.6. The Kier molecular flexibility index (Phi) is 5.00. The van der Waals surface area contributed by atoms with Crippen molar-refractivity contribution in [3.05, 3.63) is 69.2 Å². The summed E-state index contributed by atoms with van der Waals surface area (Å²) in [7, 11) is 0. The molecule has 148 valence electrons. The molecule has 7 heteroatoms. The van der Waals surface area contributed by atoms with Crippen LogP contribution < -0.4 is 5.56 Å². The van der Waals surface area contributed by atoms with Crippen molar-refractivity contribution in [1.29, 1.82) is 0 Å². The van der Waals surface area contributed by atoms with E-state index in [0.717, 1.165) is 16.3 Å². The molecule has 2 heterocycles. The van der Waals surface area contributed by atoms with Crippen LogP contribution in [0.15, 0.2) is 53.3 Å². The van der Waals surface area contributed by atoms with Crippen molar-refractivity contribution in [2.45, 2.75) is 32.7 Å². The maximum atomic E-state index is 14.0. The van der Waals surface area contributed by atoms with Gasteiger partial charge in [-0.1, -0.05) is 49.4 Å². The number of aromatic nitrogens is 3. The topological polar surface area (TPSA) is 50.7 Å². The minimum Gasteiger partial charge on any atom is -0.300 e. The molecule has 1 N–H and O–H groups in total. The molecule has 4 nitrogen and oxygen atoms in total. The summed E-state index contributed by atoms with van der Waals surface area (Å²) in [5.41, 5.74) is 0.326. The van der Waals surface area contributed by atoms with Crippen LogP contribution in [0.2, 0.25) is 0 Å². The minimum absolute atomic E-state index is 0.109. The summed E-state index contributed by atoms with van der Waals surface area (Å²) in [5.74, 6) is 0. The molecule has 0 radical (unpaired) electrons. The van der Waals surface area contributed by atoms with Gasteiger partial charge in [-0.15, -0.1) is 0 Å². The Labute approximate surface area is 170 Å². The van der Waals surface area contributed by atoms with Crippen molar-refractivity contribution in [2.24, 2.45) is 0 Å². The second kappa shape index (κ2) is 7.48. The highest BCUT2D eigenvalue weighted by molar-refractivity contribution is 7.71. The van der Waals surface area contributed by atoms with Gasteiger partial charge in [0.05, 0.1) is 11.1 Å². The molecule has 0 fully saturated rings. The largest absolute Gasteiger partial charge is 0.300 e. The number of halogens is 2. The first-order valence-corrected chi connectivity index (χ1v) is 9.79. The van der Waals surface area contributed by atoms with Crippen LogP contribution in [-0.4, -0.2) is 14.5 Å². The van der Waals surface area contributed by atoms with Gasteiger partial charge in [-0.3, -0.25) is 14.3 Å². The van der Waals surface area contributed by atoms with E-state index in [1.165, 1.54) is 6.07 Å². The lowest BCUT2D eigenvalue weighted by Gasteiger charge is -2.19. The van der Waals surface area contributed by atoms with Crippen molar-refractivity contribution < 1.29 is 8.78 Å². The third-order valence-corrected chi connectivity index (χ3v) is 5.56. The monoisotopic (exact) mass is 411 g/mol. The van der Waals surface area contributed by atoms with Crippen molar-refractivity contribution in [3.8, 4) is 11.3 Å². The van der Waals surface area contributed by atoms with Gasteiger partial charge in [-0.05, 0) is 42.4 Å². The van der Waals surface area contributed by atoms with E-state index in [2.05, 4.69) is 9.97 Å². The minimum atomic E-state index is -2.82. The molecule has 2 aromatic carbocycles. The predicted octanol–water partition coefficient (Wildman–Crippen LogP) is 6.18. The number of nitrogens with one attached hydrogen (secondary N) is 1. The molecule has 0 aliphatic heterocycles. The Bertz CT molecular complexity index is 1340. The van der Waals surface area contributed by atoms with Crippen LogP contribution in [0.5, 0.6) is 0 Å². The average molecular weight is 411 g/mol. The van der Waals surface area contributed by atoms with E-state index in [1.54, 1.807) is 4.57 Å². The van der Waals surface area contributed by atoms with E-state index in [1.807, 2.05) is 56.3 Å². The summed E-state index contributed by atoms with van der Waals surface area (Å²) in [4.78, 5) is 19.7. The van der Waals surface area contributed by atoms with Crippen LogP contribution in [0.25, 0.3) is 33.1 Å². The molecular formula is C22H19F2N3OS. The number of hydrogen-bond donors (Lipinski definition) is 1. The Morgan fingerprint density at radius 3 is 2.62 bits per heavy atom. The van der Waals surface area contributed by atoms with Crippen LogP contribution >= 0.6 is 12.2 Å². The zero-order valence-electron chi connectivity index (χ0n) is 15.9. The van der Waals surface area contributed by atoms with E-state index in [4.69, 9.17) is 12.2 Å². The molecule has 4 aromatic rings. The van der Waals surface area contributed by atoms with Crippen LogP contribution in [0.4, 0.5) is 8.78 Å². The maximum absolute atomic E-state index is 14.0. The van der Waals surface area contributed by atoms with E-state index < -0.39 is 12.0 Å². The fraction of sp³-hybridized carbons (Fsp3) is 0.227. The molecule has 0 aliphatic rings. The van der Waals surface area contributed by atoms with Crippen molar-refractivity contribution in [2.75, 3.05) is 0 Å². The van der Waals surface area contributed by atoms with Crippen molar-refractivity contribution in [3.63, 3.8) is 0 Å². The van der Waals surface area contributed by atoms with Gasteiger partial charge in [0.25, 0.3) is 12.0 Å². The molecule has 0 aliphatic carbocycles. The number of fused-ring (bicyclic) bond motifs is 2. The molecule has 4 rings (SSSR count). The molecular weight excluding hydrogens is 392 g/mol. The fourth-order valence-corrected chi connectivity index (χ4v) is 3.98. The van der Waals surface area contributed by atoms with Crippen LogP contribution in [0.1, 0.15) is 38.3 Å². The lowest BCUT2D eigenvalue weighted by molar-refractivity contribution is 0.153. The van der Waals surface area contributed by atoms with Gasteiger partial charge in [-0.25, -0.2) is 13.8 Å². The van der Waals surface area contributed by atoms with E-state index in [-0.39, 0.29) is 27.4 Å². The highest BCUT2D eigenvalue weighted by atomic mass is 32.1. The molecule has 0 amide bonds. The number of aromatic amines is 1. The summed E-state index contributed by atoms with van der Waals surface area (Å²) >= 11 is 5.34. The molecule has 0 bridgehead atoms. The van der Waals surface area contributed by atoms with E-state index in [0.29, 0.717) is 12.1 Å². The molecule has 0 saturated heterocycles. The molecule has 0 spiro atoms. The maximum Gasteiger partial charge on any atom is 0.264 e. The van der Waals surface area contributed by atoms with Crippen LogP contribution in [-0.2, 0) is 0 Å². The van der Waals surface area contributed by atoms with Crippen molar-refractivity contribution >= 4 is 34.0 Å². The highest BCUT2D eigenvalue weighted by Crippen LogP contribution is 2.33. The van der Waals surface area contributed by atoms with Gasteiger partial charge in [0.2, 0.25) is 0 Å². The molecule has 29 heavy (non-hydrogen) atoms. The normalized spacial score (nSPS) is 12.7. The van der Waals surface area contributed by atoms with Crippen molar-refractivity contribution in [1.82, 2.24) is 14.5 Å². The number of nitrogens with zero attached hydrogens (tertiary/aromatic N) is 2. The lowest BCUT2D eigenvalue weighted by Crippen LogP contribution is -2.19. The van der Waals surface area contributed by atoms with Crippen LogP contribution in [0.3, 0.4) is 0 Å². The lowest BCUT2D eigenvalue weighted by atomic mass is 10.00. The number of pyridine rings is 1. The Balaban J connectivity index is 2.17. The Morgan fingerprint density at radius 2 is 1.90 bits per heavy atom. The van der Waals surface area contributed by atoms with E-state index >= 15 is 0 Å². The zero-order chi connectivity index (χ0) is 20.7. The first kappa shape index (κ1) is 19.4. The van der Waals surface area contributed by atoms with Gasteiger partial charge in [0, 0.05) is 17.2 Å². The second-order valence-electron chi connectivity index (χ2n) is 7.01. The van der Waals surface area contributed by atoms with Gasteiger partial charge in [-0.2, -0.15) is 0 Å². The number of rotatable bonds is 4. The number of alkyl halides is 2. The second-order valence-corrected chi connectivity index (χ2v) is 7.40. The number of benzene rings is 2. The van der Waals surface area contributed by atoms with E-state index in [9.17, 15) is 13.6 Å². The Hall–Kier alpha value is -2.93. The first-order valence-electron chi connectivity index (χ1n) is 9.38. The molecule has 0 saturated carbocycles. The predicted molar refractivity (Wildman–Crippen MR) is 114 cm³/mol. The smallest absolute Gasteiger partial charge is 0.264 e. The summed E-state index contributed by atoms with van der Waals surface area (Å²) < 4.78 is 29.8. The molecule has 0 unspecified atom stereocenters. The Morgan fingerprint density at radius 1 is 1.17 bits per heavy atom. The summed E-state index contributed by atoms with van der Waals surface area (Å²) in [5, 5.41) is 1.77. The summed E-state index contributed by atoms with van der Waals surface area (Å²) in [6.07, 6.45) is -2.11. The van der Waals surface area contributed by atoms with Gasteiger partial charge >= 0.3 is 0 Å². The number of hydrogen-bond acceptors (Lipinski definition) is 3. The quantitative estimate of drug-likeness (QED) is 0.408. The van der Waals surface area contributed by atoms with Gasteiger partial charge in [0.15, 0.2) is 4.77 Å². The molecule has 2 aromatic heterocycles. The third-order valence-electron chi connectivity index (χ3n) is 5.26.